The molecule has 2 heterocycles. The van der Waals surface area contributed by atoms with Gasteiger partial charge in [-0.15, -0.1) is 11.3 Å². The normalized spacial score (nSPS) is 16.2. The van der Waals surface area contributed by atoms with E-state index in [9.17, 15) is 9.59 Å². The quantitative estimate of drug-likeness (QED) is 0.679. The summed E-state index contributed by atoms with van der Waals surface area (Å²) < 4.78 is 0. The van der Waals surface area contributed by atoms with Crippen molar-refractivity contribution >= 4 is 28.8 Å². The minimum Gasteiger partial charge on any atom is -0.354 e. The largest absolute Gasteiger partial charge is 0.354 e. The molecule has 1 unspecified atom stereocenters. The molecule has 2 aromatic rings. The van der Waals surface area contributed by atoms with Crippen molar-refractivity contribution in [2.24, 2.45) is 0 Å². The summed E-state index contributed by atoms with van der Waals surface area (Å²) in [7, 11) is 0. The van der Waals surface area contributed by atoms with Crippen LogP contribution in [0.4, 0.5) is 5.69 Å². The van der Waals surface area contributed by atoms with Gasteiger partial charge in [0.05, 0.1) is 12.6 Å². The predicted molar refractivity (Wildman–Crippen MR) is 123 cm³/mol. The molecule has 0 bridgehead atoms. The lowest BCUT2D eigenvalue weighted by Gasteiger charge is -2.37. The lowest BCUT2D eigenvalue weighted by molar-refractivity contribution is -0.127. The van der Waals surface area contributed by atoms with Gasteiger partial charge in [0.2, 0.25) is 11.8 Å². The van der Waals surface area contributed by atoms with Crippen LogP contribution >= 0.6 is 11.3 Å². The molecule has 2 amide bonds. The van der Waals surface area contributed by atoms with E-state index in [1.165, 1.54) is 4.88 Å². The summed E-state index contributed by atoms with van der Waals surface area (Å²) in [4.78, 5) is 30.6. The number of nitrogens with one attached hydrogen (secondary N) is 2. The van der Waals surface area contributed by atoms with Gasteiger partial charge in [0.15, 0.2) is 0 Å². The Kier molecular flexibility index (Phi) is 8.01. The van der Waals surface area contributed by atoms with Crippen LogP contribution < -0.4 is 10.6 Å². The smallest absolute Gasteiger partial charge is 0.238 e. The molecule has 6 nitrogen and oxygen atoms in total. The van der Waals surface area contributed by atoms with Gasteiger partial charge in [-0.25, -0.2) is 0 Å². The van der Waals surface area contributed by atoms with Crippen molar-refractivity contribution in [2.75, 3.05) is 44.6 Å². The number of piperazine rings is 1. The van der Waals surface area contributed by atoms with Crippen LogP contribution in [0.25, 0.3) is 0 Å². The van der Waals surface area contributed by atoms with Crippen LogP contribution in [-0.4, -0.2) is 66.9 Å². The van der Waals surface area contributed by atoms with Gasteiger partial charge >= 0.3 is 0 Å². The van der Waals surface area contributed by atoms with Crippen LogP contribution in [0.15, 0.2) is 35.7 Å². The fraction of sp³-hybridized carbons (Fsp3) is 0.478. The van der Waals surface area contributed by atoms with Gasteiger partial charge in [0, 0.05) is 43.3 Å². The van der Waals surface area contributed by atoms with Crippen molar-refractivity contribution < 1.29 is 9.59 Å². The van der Waals surface area contributed by atoms with Crippen LogP contribution in [0.3, 0.4) is 0 Å². The van der Waals surface area contributed by atoms with E-state index in [2.05, 4.69) is 31.9 Å². The molecular formula is C23H32N4O2S. The fourth-order valence-corrected chi connectivity index (χ4v) is 4.49. The van der Waals surface area contributed by atoms with Crippen LogP contribution in [-0.2, 0) is 16.0 Å². The number of para-hydroxylation sites is 1. The highest BCUT2D eigenvalue weighted by Gasteiger charge is 2.26. The van der Waals surface area contributed by atoms with Gasteiger partial charge in [-0.05, 0) is 49.8 Å². The monoisotopic (exact) mass is 428 g/mol. The Morgan fingerprint density at radius 1 is 1.07 bits per heavy atom. The number of aryl methyl sites for hydroxylation is 2. The Hall–Kier alpha value is -2.22. The zero-order valence-corrected chi connectivity index (χ0v) is 18.9. The maximum Gasteiger partial charge on any atom is 0.238 e. The molecule has 1 atom stereocenters. The van der Waals surface area contributed by atoms with Gasteiger partial charge < -0.3 is 10.6 Å². The number of benzene rings is 1. The second kappa shape index (κ2) is 10.7. The van der Waals surface area contributed by atoms with E-state index in [4.69, 9.17) is 0 Å². The summed E-state index contributed by atoms with van der Waals surface area (Å²) in [5.74, 6) is 0.0907. The maximum atomic E-state index is 12.5. The number of thiophene rings is 1. The van der Waals surface area contributed by atoms with Crippen LogP contribution in [0.2, 0.25) is 0 Å². The Labute approximate surface area is 183 Å². The first kappa shape index (κ1) is 22.5. The third kappa shape index (κ3) is 6.14. The Morgan fingerprint density at radius 3 is 2.40 bits per heavy atom. The highest BCUT2D eigenvalue weighted by Crippen LogP contribution is 2.19. The van der Waals surface area contributed by atoms with Gasteiger partial charge in [-0.2, -0.15) is 0 Å². The lowest BCUT2D eigenvalue weighted by Crippen LogP contribution is -2.54. The van der Waals surface area contributed by atoms with Gasteiger partial charge in [-0.1, -0.05) is 24.3 Å². The fourth-order valence-electron chi connectivity index (χ4n) is 3.78. The summed E-state index contributed by atoms with van der Waals surface area (Å²) in [5, 5.41) is 8.16. The Bertz CT molecular complexity index is 825. The molecule has 0 aliphatic carbocycles. The van der Waals surface area contributed by atoms with E-state index >= 15 is 0 Å². The predicted octanol–water partition coefficient (Wildman–Crippen LogP) is 2.67. The zero-order chi connectivity index (χ0) is 21.5. The van der Waals surface area contributed by atoms with Crippen LogP contribution in [0.1, 0.15) is 22.9 Å². The minimum absolute atomic E-state index is 0.0141. The Balaban J connectivity index is 1.39. The first-order valence-corrected chi connectivity index (χ1v) is 11.4. The first-order valence-electron chi connectivity index (χ1n) is 10.6. The standard InChI is InChI=1S/C23H32N4O2S/c1-17-6-4-7-18(2)22(17)25-21(28)16-26-11-13-27(14-12-26)19(3)23(29)24-10-9-20-8-5-15-30-20/h4-8,15,19H,9-14,16H2,1-3H3,(H,24,29)(H,25,28). The third-order valence-electron chi connectivity index (χ3n) is 5.70. The number of amides is 2. The number of rotatable bonds is 8. The lowest BCUT2D eigenvalue weighted by atomic mass is 10.1. The van der Waals surface area contributed by atoms with E-state index in [0.29, 0.717) is 13.1 Å². The number of carbonyl (C=O) groups is 2. The number of carbonyl (C=O) groups excluding carboxylic acids is 2. The average molecular weight is 429 g/mol. The molecule has 1 aromatic carbocycles. The number of anilines is 1. The topological polar surface area (TPSA) is 64.7 Å². The molecule has 30 heavy (non-hydrogen) atoms. The third-order valence-corrected chi connectivity index (χ3v) is 6.63. The second-order valence-electron chi connectivity index (χ2n) is 7.92. The van der Waals surface area contributed by atoms with Crippen molar-refractivity contribution in [1.29, 1.82) is 0 Å². The Morgan fingerprint density at radius 2 is 1.77 bits per heavy atom. The molecule has 1 fully saturated rings. The summed E-state index contributed by atoms with van der Waals surface area (Å²) in [6.45, 7) is 10.2. The summed E-state index contributed by atoms with van der Waals surface area (Å²) in [6.07, 6.45) is 0.874. The molecule has 0 spiro atoms. The van der Waals surface area contributed by atoms with Crippen molar-refractivity contribution in [3.63, 3.8) is 0 Å². The molecular weight excluding hydrogens is 396 g/mol. The second-order valence-corrected chi connectivity index (χ2v) is 8.96. The molecule has 1 aliphatic rings. The van der Waals surface area contributed by atoms with E-state index in [1.807, 2.05) is 45.0 Å². The molecule has 3 rings (SSSR count). The van der Waals surface area contributed by atoms with Gasteiger partial charge in [0.1, 0.15) is 0 Å². The summed E-state index contributed by atoms with van der Waals surface area (Å²) >= 11 is 1.72. The van der Waals surface area contributed by atoms with Crippen LogP contribution in [0, 0.1) is 13.8 Å². The van der Waals surface area contributed by atoms with E-state index < -0.39 is 0 Å². The van der Waals surface area contributed by atoms with E-state index in [-0.39, 0.29) is 17.9 Å². The summed E-state index contributed by atoms with van der Waals surface area (Å²) in [5.41, 5.74) is 3.06. The molecule has 0 saturated carbocycles. The molecule has 1 aromatic heterocycles. The summed E-state index contributed by atoms with van der Waals surface area (Å²) in [6, 6.07) is 9.99. The van der Waals surface area contributed by atoms with Crippen LogP contribution in [0.5, 0.6) is 0 Å². The van der Waals surface area contributed by atoms with E-state index in [0.717, 1.165) is 49.4 Å². The average Bonchev–Trinajstić information content (AvgIpc) is 3.24. The molecule has 1 aliphatic heterocycles. The number of hydrogen-bond donors (Lipinski definition) is 2. The van der Waals surface area contributed by atoms with Crippen molar-refractivity contribution in [2.45, 2.75) is 33.2 Å². The maximum absolute atomic E-state index is 12.5. The highest BCUT2D eigenvalue weighted by molar-refractivity contribution is 7.09. The molecule has 162 valence electrons. The first-order chi connectivity index (χ1) is 14.4. The molecule has 0 radical (unpaired) electrons. The van der Waals surface area contributed by atoms with Gasteiger partial charge in [0.25, 0.3) is 0 Å². The molecule has 1 saturated heterocycles. The van der Waals surface area contributed by atoms with Crippen molar-refractivity contribution in [3.8, 4) is 0 Å². The van der Waals surface area contributed by atoms with Gasteiger partial charge in [-0.3, -0.25) is 19.4 Å². The molecule has 7 heteroatoms. The highest BCUT2D eigenvalue weighted by atomic mass is 32.1. The molecule has 2 N–H and O–H groups in total. The van der Waals surface area contributed by atoms with Crippen molar-refractivity contribution in [3.05, 3.63) is 51.7 Å². The minimum atomic E-state index is -0.154. The number of hydrogen-bond acceptors (Lipinski definition) is 5. The number of nitrogens with zero attached hydrogens (tertiary/aromatic N) is 2. The van der Waals surface area contributed by atoms with E-state index in [1.54, 1.807) is 11.3 Å². The van der Waals surface area contributed by atoms with Crippen molar-refractivity contribution in [1.82, 2.24) is 15.1 Å². The SMILES string of the molecule is Cc1cccc(C)c1NC(=O)CN1CCN(C(C)C(=O)NCCc2cccs2)CC1. The zero-order valence-electron chi connectivity index (χ0n) is 18.1.